The van der Waals surface area contributed by atoms with Gasteiger partial charge in [0.2, 0.25) is 0 Å². The number of benzene rings is 1. The van der Waals surface area contributed by atoms with Crippen LogP contribution in [-0.4, -0.2) is 34.7 Å². The molecule has 4 aromatic heterocycles. The molecule has 0 spiro atoms. The first-order valence-electron chi connectivity index (χ1n) is 9.89. The average molecular weight is 393 g/mol. The van der Waals surface area contributed by atoms with E-state index >= 15 is 0 Å². The lowest BCUT2D eigenvalue weighted by Gasteiger charge is -2.03. The summed E-state index contributed by atoms with van der Waals surface area (Å²) in [5.74, 6) is 1.65. The van der Waals surface area contributed by atoms with Crippen LogP contribution in [0.15, 0.2) is 54.8 Å². The van der Waals surface area contributed by atoms with Crippen LogP contribution < -0.4 is 0 Å². The molecule has 0 unspecified atom stereocenters. The summed E-state index contributed by atoms with van der Waals surface area (Å²) in [5, 5.41) is 7.60. The molecular weight excluding hydrogens is 374 g/mol. The van der Waals surface area contributed by atoms with Crippen LogP contribution in [0.3, 0.4) is 0 Å². The lowest BCUT2D eigenvalue weighted by molar-refractivity contribution is 0.862. The molecule has 7 nitrogen and oxygen atoms in total. The van der Waals surface area contributed by atoms with Crippen LogP contribution in [0.1, 0.15) is 17.8 Å². The molecule has 0 saturated carbocycles. The third kappa shape index (κ3) is 2.45. The van der Waals surface area contributed by atoms with Crippen molar-refractivity contribution in [3.05, 3.63) is 66.1 Å². The molecule has 1 aliphatic rings. The second-order valence-electron chi connectivity index (χ2n) is 7.50. The maximum atomic E-state index is 4.90. The standard InChI is InChI=1S/C23H19N7/c1-13-24-12-19(30(13)2)16-10-11-18-21(25-16)22(29-28-18)23-26-17-9-5-8-15(20(17)27-23)14-6-3-4-7-14/h3,5-12H,4H2,1-2H3,(H,26,27)(H,28,29). The molecule has 5 aromatic rings. The summed E-state index contributed by atoms with van der Waals surface area (Å²) in [6, 6.07) is 10.2. The largest absolute Gasteiger partial charge is 0.336 e. The van der Waals surface area contributed by atoms with E-state index in [1.54, 1.807) is 0 Å². The van der Waals surface area contributed by atoms with Crippen LogP contribution in [0.25, 0.3) is 50.5 Å². The number of aryl methyl sites for hydroxylation is 1. The van der Waals surface area contributed by atoms with Crippen molar-refractivity contribution in [2.24, 2.45) is 7.05 Å². The predicted octanol–water partition coefficient (Wildman–Crippen LogP) is 4.55. The average Bonchev–Trinajstić information content (AvgIpc) is 3.54. The lowest BCUT2D eigenvalue weighted by atomic mass is 10.1. The summed E-state index contributed by atoms with van der Waals surface area (Å²) in [5.41, 5.74) is 8.45. The van der Waals surface area contributed by atoms with Gasteiger partial charge in [0.1, 0.15) is 11.3 Å². The van der Waals surface area contributed by atoms with Gasteiger partial charge >= 0.3 is 0 Å². The van der Waals surface area contributed by atoms with Gasteiger partial charge in [-0.15, -0.1) is 0 Å². The van der Waals surface area contributed by atoms with E-state index in [1.165, 1.54) is 5.57 Å². The molecule has 0 radical (unpaired) electrons. The highest BCUT2D eigenvalue weighted by molar-refractivity contribution is 5.96. The molecule has 2 N–H and O–H groups in total. The van der Waals surface area contributed by atoms with Gasteiger partial charge in [0.05, 0.1) is 34.1 Å². The number of H-pyrrole nitrogens is 2. The molecule has 1 aliphatic carbocycles. The van der Waals surface area contributed by atoms with Gasteiger partial charge in [-0.3, -0.25) is 5.10 Å². The first-order valence-corrected chi connectivity index (χ1v) is 9.89. The van der Waals surface area contributed by atoms with Gasteiger partial charge in [-0.1, -0.05) is 30.4 Å². The number of hydrogen-bond acceptors (Lipinski definition) is 4. The van der Waals surface area contributed by atoms with Gasteiger partial charge in [0, 0.05) is 12.6 Å². The van der Waals surface area contributed by atoms with Crippen molar-refractivity contribution in [3.8, 4) is 22.9 Å². The van der Waals surface area contributed by atoms with Gasteiger partial charge in [0.25, 0.3) is 0 Å². The van der Waals surface area contributed by atoms with Gasteiger partial charge in [-0.05, 0) is 37.1 Å². The van der Waals surface area contributed by atoms with E-state index in [0.717, 1.165) is 51.3 Å². The van der Waals surface area contributed by atoms with E-state index in [4.69, 9.17) is 9.97 Å². The minimum absolute atomic E-state index is 0.706. The molecule has 0 atom stereocenters. The number of rotatable bonds is 3. The molecule has 0 fully saturated rings. The SMILES string of the molecule is Cc1ncc(-c2ccc3[nH]nc(-c4nc5c(C6=CCC=C6)cccc5[nH]4)c3n2)n1C. The van der Waals surface area contributed by atoms with Gasteiger partial charge in [-0.25, -0.2) is 15.0 Å². The van der Waals surface area contributed by atoms with Gasteiger partial charge < -0.3 is 9.55 Å². The Morgan fingerprint density at radius 1 is 1.03 bits per heavy atom. The second-order valence-corrected chi connectivity index (χ2v) is 7.50. The summed E-state index contributed by atoms with van der Waals surface area (Å²) >= 11 is 0. The van der Waals surface area contributed by atoms with Gasteiger partial charge in [-0.2, -0.15) is 5.10 Å². The van der Waals surface area contributed by atoms with Crippen molar-refractivity contribution < 1.29 is 0 Å². The monoisotopic (exact) mass is 393 g/mol. The highest BCUT2D eigenvalue weighted by atomic mass is 15.2. The van der Waals surface area contributed by atoms with Crippen LogP contribution in [0.2, 0.25) is 0 Å². The third-order valence-electron chi connectivity index (χ3n) is 5.71. The molecule has 6 rings (SSSR count). The maximum absolute atomic E-state index is 4.90. The number of aromatic nitrogens is 7. The predicted molar refractivity (Wildman–Crippen MR) is 118 cm³/mol. The van der Waals surface area contributed by atoms with Crippen LogP contribution in [-0.2, 0) is 7.05 Å². The van der Waals surface area contributed by atoms with Crippen molar-refractivity contribution in [3.63, 3.8) is 0 Å². The van der Waals surface area contributed by atoms with Crippen LogP contribution in [0, 0.1) is 6.92 Å². The van der Waals surface area contributed by atoms with E-state index in [2.05, 4.69) is 50.5 Å². The highest BCUT2D eigenvalue weighted by Crippen LogP contribution is 2.31. The molecule has 0 saturated heterocycles. The maximum Gasteiger partial charge on any atom is 0.161 e. The number of allylic oxidation sites excluding steroid dienone is 4. The number of imidazole rings is 2. The van der Waals surface area contributed by atoms with Crippen LogP contribution >= 0.6 is 0 Å². The minimum atomic E-state index is 0.706. The van der Waals surface area contributed by atoms with Crippen LogP contribution in [0.4, 0.5) is 0 Å². The topological polar surface area (TPSA) is 88.1 Å². The van der Waals surface area contributed by atoms with E-state index in [1.807, 2.05) is 42.9 Å². The zero-order valence-electron chi connectivity index (χ0n) is 16.6. The van der Waals surface area contributed by atoms with E-state index in [0.29, 0.717) is 11.5 Å². The van der Waals surface area contributed by atoms with Gasteiger partial charge in [0.15, 0.2) is 11.5 Å². The van der Waals surface area contributed by atoms with E-state index < -0.39 is 0 Å². The zero-order chi connectivity index (χ0) is 20.2. The number of aromatic amines is 2. The first kappa shape index (κ1) is 16.9. The normalized spacial score (nSPS) is 13.6. The Kier molecular flexibility index (Phi) is 3.52. The number of para-hydroxylation sites is 1. The summed E-state index contributed by atoms with van der Waals surface area (Å²) in [6.07, 6.45) is 9.34. The minimum Gasteiger partial charge on any atom is -0.336 e. The smallest absolute Gasteiger partial charge is 0.161 e. The summed E-state index contributed by atoms with van der Waals surface area (Å²) in [4.78, 5) is 17.6. The Morgan fingerprint density at radius 3 is 2.77 bits per heavy atom. The number of nitrogens with zero attached hydrogens (tertiary/aromatic N) is 5. The fraction of sp³-hybridized carbons (Fsp3) is 0.130. The molecule has 7 heteroatoms. The van der Waals surface area contributed by atoms with Crippen molar-refractivity contribution >= 4 is 27.6 Å². The number of hydrogen-bond donors (Lipinski definition) is 2. The fourth-order valence-electron chi connectivity index (χ4n) is 3.98. The number of pyridine rings is 1. The Balaban J connectivity index is 1.52. The Bertz CT molecular complexity index is 1490. The van der Waals surface area contributed by atoms with E-state index in [9.17, 15) is 0 Å². The lowest BCUT2D eigenvalue weighted by Crippen LogP contribution is -1.96. The molecular formula is C23H19N7. The number of nitrogens with one attached hydrogen (secondary N) is 2. The van der Waals surface area contributed by atoms with Crippen LogP contribution in [0.5, 0.6) is 0 Å². The molecule has 0 amide bonds. The highest BCUT2D eigenvalue weighted by Gasteiger charge is 2.18. The quantitative estimate of drug-likeness (QED) is 0.471. The van der Waals surface area contributed by atoms with E-state index in [-0.39, 0.29) is 0 Å². The van der Waals surface area contributed by atoms with Crippen molar-refractivity contribution in [1.82, 2.24) is 34.7 Å². The zero-order valence-corrected chi connectivity index (χ0v) is 16.6. The van der Waals surface area contributed by atoms with Crippen molar-refractivity contribution in [2.75, 3.05) is 0 Å². The third-order valence-corrected chi connectivity index (χ3v) is 5.71. The molecule has 1 aromatic carbocycles. The molecule has 30 heavy (non-hydrogen) atoms. The molecule has 4 heterocycles. The summed E-state index contributed by atoms with van der Waals surface area (Å²) < 4.78 is 2.03. The Hall–Kier alpha value is -4.00. The summed E-state index contributed by atoms with van der Waals surface area (Å²) in [6.45, 7) is 1.98. The molecule has 0 bridgehead atoms. The fourth-order valence-corrected chi connectivity index (χ4v) is 3.98. The first-order chi connectivity index (χ1) is 14.7. The second kappa shape index (κ2) is 6.25. The Morgan fingerprint density at radius 2 is 1.97 bits per heavy atom. The Labute approximate surface area is 172 Å². The molecule has 0 aliphatic heterocycles. The van der Waals surface area contributed by atoms with Crippen molar-refractivity contribution in [2.45, 2.75) is 13.3 Å². The van der Waals surface area contributed by atoms with Crippen molar-refractivity contribution in [1.29, 1.82) is 0 Å². The molecule has 146 valence electrons. The number of fused-ring (bicyclic) bond motifs is 2. The summed E-state index contributed by atoms with van der Waals surface area (Å²) in [7, 11) is 1.99.